The molecule has 0 radical (unpaired) electrons. The summed E-state index contributed by atoms with van der Waals surface area (Å²) in [5.74, 6) is 2.46. The molecule has 0 fully saturated rings. The van der Waals surface area contributed by atoms with Crippen molar-refractivity contribution in [3.8, 4) is 23.0 Å². The lowest BCUT2D eigenvalue weighted by molar-refractivity contribution is 0.114. The highest BCUT2D eigenvalue weighted by molar-refractivity contribution is 5.88. The molecule has 0 saturated heterocycles. The maximum atomic E-state index is 12.1. The molecule has 1 unspecified atom stereocenters. The van der Waals surface area contributed by atoms with Gasteiger partial charge in [0.05, 0.1) is 19.7 Å². The second-order valence-corrected chi connectivity index (χ2v) is 7.50. The number of carbonyl (C=O) groups is 1. The number of fused-ring (bicyclic) bond motifs is 1. The number of methoxy groups -OCH3 is 2. The van der Waals surface area contributed by atoms with Crippen molar-refractivity contribution in [2.24, 2.45) is 0 Å². The van der Waals surface area contributed by atoms with Gasteiger partial charge < -0.3 is 18.9 Å². The van der Waals surface area contributed by atoms with Gasteiger partial charge in [0.15, 0.2) is 11.5 Å². The predicted molar refractivity (Wildman–Crippen MR) is 125 cm³/mol. The number of nitrogens with zero attached hydrogens (tertiary/aromatic N) is 1. The lowest BCUT2D eigenvalue weighted by Gasteiger charge is -2.14. The van der Waals surface area contributed by atoms with Crippen molar-refractivity contribution in [2.75, 3.05) is 19.5 Å². The van der Waals surface area contributed by atoms with E-state index >= 15 is 0 Å². The fraction of sp³-hybridized carbons (Fsp3) is 0.360. The Labute approximate surface area is 188 Å². The van der Waals surface area contributed by atoms with E-state index in [-0.39, 0.29) is 6.10 Å². The molecule has 1 aromatic heterocycles. The average Bonchev–Trinajstić information content (AvgIpc) is 2.79. The Hall–Kier alpha value is -3.48. The number of unbranched alkanes of at least 4 members (excludes halogenated alkanes) is 2. The van der Waals surface area contributed by atoms with Crippen LogP contribution in [-0.2, 0) is 4.74 Å². The number of ether oxygens (including phenoxy) is 4. The summed E-state index contributed by atoms with van der Waals surface area (Å²) in [4.78, 5) is 16.5. The summed E-state index contributed by atoms with van der Waals surface area (Å²) >= 11 is 0. The van der Waals surface area contributed by atoms with E-state index in [1.54, 1.807) is 50.7 Å². The van der Waals surface area contributed by atoms with E-state index in [4.69, 9.17) is 18.9 Å². The molecule has 170 valence electrons. The van der Waals surface area contributed by atoms with Crippen LogP contribution >= 0.6 is 0 Å². The topological polar surface area (TPSA) is 78.9 Å². The van der Waals surface area contributed by atoms with E-state index in [9.17, 15) is 4.79 Å². The Kier molecular flexibility index (Phi) is 8.14. The second-order valence-electron chi connectivity index (χ2n) is 7.50. The third-order valence-corrected chi connectivity index (χ3v) is 5.06. The largest absolute Gasteiger partial charge is 0.493 e. The van der Waals surface area contributed by atoms with Crippen molar-refractivity contribution in [2.45, 2.75) is 45.6 Å². The van der Waals surface area contributed by atoms with E-state index in [1.165, 1.54) is 0 Å². The van der Waals surface area contributed by atoms with Gasteiger partial charge in [0, 0.05) is 23.3 Å². The molecule has 1 N–H and O–H groups in total. The fourth-order valence-electron chi connectivity index (χ4n) is 3.34. The predicted octanol–water partition coefficient (Wildman–Crippen LogP) is 6.56. The number of pyridine rings is 1. The molecule has 0 aliphatic carbocycles. The van der Waals surface area contributed by atoms with Gasteiger partial charge >= 0.3 is 6.09 Å². The molecule has 32 heavy (non-hydrogen) atoms. The summed E-state index contributed by atoms with van der Waals surface area (Å²) in [5, 5.41) is 3.55. The molecule has 0 saturated carbocycles. The number of hydrogen-bond acceptors (Lipinski definition) is 6. The average molecular weight is 439 g/mol. The van der Waals surface area contributed by atoms with Gasteiger partial charge in [-0.2, -0.15) is 0 Å². The van der Waals surface area contributed by atoms with Crippen molar-refractivity contribution in [3.05, 3.63) is 48.7 Å². The molecule has 0 bridgehead atoms. The van der Waals surface area contributed by atoms with Crippen molar-refractivity contribution >= 4 is 22.7 Å². The number of benzene rings is 2. The van der Waals surface area contributed by atoms with Gasteiger partial charge in [-0.3, -0.25) is 10.3 Å². The van der Waals surface area contributed by atoms with E-state index in [0.717, 1.165) is 36.6 Å². The van der Waals surface area contributed by atoms with Crippen molar-refractivity contribution < 1.29 is 23.7 Å². The Bertz CT molecular complexity index is 1040. The van der Waals surface area contributed by atoms with Gasteiger partial charge in [-0.05, 0) is 56.2 Å². The van der Waals surface area contributed by atoms with Crippen LogP contribution in [0.5, 0.6) is 23.0 Å². The van der Waals surface area contributed by atoms with Crippen LogP contribution < -0.4 is 19.5 Å². The summed E-state index contributed by atoms with van der Waals surface area (Å²) in [5.41, 5.74) is 1.36. The summed E-state index contributed by atoms with van der Waals surface area (Å²) in [7, 11) is 3.17. The number of nitrogens with one attached hydrogen (secondary N) is 1. The number of anilines is 1. The van der Waals surface area contributed by atoms with Crippen molar-refractivity contribution in [3.63, 3.8) is 0 Å². The molecule has 0 aliphatic heterocycles. The number of aromatic nitrogens is 1. The van der Waals surface area contributed by atoms with E-state index in [0.29, 0.717) is 28.7 Å². The normalized spacial score (nSPS) is 11.6. The summed E-state index contributed by atoms with van der Waals surface area (Å²) in [6, 6.07) is 12.5. The van der Waals surface area contributed by atoms with Crippen LogP contribution in [0.2, 0.25) is 0 Å². The first-order valence-corrected chi connectivity index (χ1v) is 10.8. The van der Waals surface area contributed by atoms with E-state index in [2.05, 4.69) is 17.2 Å². The molecule has 1 heterocycles. The first-order chi connectivity index (χ1) is 15.5. The SMILES string of the molecule is CCCCCC(C)OC(=O)Nc1ccc(Oc2ccnc3cc(OC)c(OC)cc23)cc1. The van der Waals surface area contributed by atoms with Gasteiger partial charge in [-0.1, -0.05) is 19.8 Å². The van der Waals surface area contributed by atoms with Gasteiger partial charge in [-0.25, -0.2) is 4.79 Å². The summed E-state index contributed by atoms with van der Waals surface area (Å²) in [6.45, 7) is 4.06. The van der Waals surface area contributed by atoms with Crippen molar-refractivity contribution in [1.29, 1.82) is 0 Å². The third kappa shape index (κ3) is 6.03. The molecular weight excluding hydrogens is 408 g/mol. The number of hydrogen-bond donors (Lipinski definition) is 1. The highest BCUT2D eigenvalue weighted by atomic mass is 16.6. The molecule has 7 nitrogen and oxygen atoms in total. The van der Waals surface area contributed by atoms with Gasteiger partial charge in [0.25, 0.3) is 0 Å². The minimum absolute atomic E-state index is 0.111. The molecule has 7 heteroatoms. The number of rotatable bonds is 10. The van der Waals surface area contributed by atoms with Crippen LogP contribution in [0.15, 0.2) is 48.7 Å². The molecule has 1 atom stereocenters. The summed E-state index contributed by atoms with van der Waals surface area (Å²) in [6.07, 6.45) is 5.32. The van der Waals surface area contributed by atoms with E-state index in [1.807, 2.05) is 19.1 Å². The monoisotopic (exact) mass is 438 g/mol. The molecule has 1 amide bonds. The smallest absolute Gasteiger partial charge is 0.411 e. The van der Waals surface area contributed by atoms with Gasteiger partial charge in [-0.15, -0.1) is 0 Å². The van der Waals surface area contributed by atoms with Gasteiger partial charge in [0.1, 0.15) is 17.6 Å². The summed E-state index contributed by atoms with van der Waals surface area (Å²) < 4.78 is 22.2. The molecular formula is C25H30N2O5. The zero-order chi connectivity index (χ0) is 22.9. The maximum absolute atomic E-state index is 12.1. The minimum atomic E-state index is -0.455. The lowest BCUT2D eigenvalue weighted by atomic mass is 10.1. The fourth-order valence-corrected chi connectivity index (χ4v) is 3.34. The molecule has 3 aromatic rings. The molecule has 0 aliphatic rings. The third-order valence-electron chi connectivity index (χ3n) is 5.06. The Morgan fingerprint density at radius 1 is 1.00 bits per heavy atom. The molecule has 0 spiro atoms. The number of carbonyl (C=O) groups excluding carboxylic acids is 1. The second kappa shape index (κ2) is 11.2. The van der Waals surface area contributed by atoms with Crippen LogP contribution in [0.25, 0.3) is 10.9 Å². The molecule has 3 rings (SSSR count). The first kappa shape index (κ1) is 23.2. The zero-order valence-electron chi connectivity index (χ0n) is 19.0. The Morgan fingerprint density at radius 3 is 2.41 bits per heavy atom. The van der Waals surface area contributed by atoms with Crippen LogP contribution in [0.3, 0.4) is 0 Å². The minimum Gasteiger partial charge on any atom is -0.493 e. The Morgan fingerprint density at radius 2 is 1.72 bits per heavy atom. The van der Waals surface area contributed by atoms with Crippen molar-refractivity contribution in [1.82, 2.24) is 4.98 Å². The number of amides is 1. The van der Waals surface area contributed by atoms with Crippen LogP contribution in [0, 0.1) is 0 Å². The van der Waals surface area contributed by atoms with Crippen LogP contribution in [0.1, 0.15) is 39.5 Å². The van der Waals surface area contributed by atoms with Crippen LogP contribution in [-0.4, -0.2) is 31.4 Å². The van der Waals surface area contributed by atoms with E-state index < -0.39 is 6.09 Å². The van der Waals surface area contributed by atoms with Crippen LogP contribution in [0.4, 0.5) is 10.5 Å². The quantitative estimate of drug-likeness (QED) is 0.361. The first-order valence-electron chi connectivity index (χ1n) is 10.8. The Balaban J connectivity index is 1.66. The van der Waals surface area contributed by atoms with Gasteiger partial charge in [0.2, 0.25) is 0 Å². The zero-order valence-corrected chi connectivity index (χ0v) is 19.0. The lowest BCUT2D eigenvalue weighted by Crippen LogP contribution is -2.20. The maximum Gasteiger partial charge on any atom is 0.411 e. The standard InChI is InChI=1S/C25H30N2O5/c1-5-6-7-8-17(2)31-25(28)27-18-9-11-19(12-10-18)32-22-13-14-26-21-16-24(30-4)23(29-3)15-20(21)22/h9-17H,5-8H2,1-4H3,(H,27,28). The molecule has 2 aromatic carbocycles. The highest BCUT2D eigenvalue weighted by Gasteiger charge is 2.12. The highest BCUT2D eigenvalue weighted by Crippen LogP contribution is 2.36.